The van der Waals surface area contributed by atoms with E-state index in [1.54, 1.807) is 0 Å². The number of aromatic nitrogens is 2. The molecule has 0 unspecified atom stereocenters. The zero-order valence-corrected chi connectivity index (χ0v) is 14.9. The molecular formula is C19H21N3OS. The number of benzene rings is 1. The Morgan fingerprint density at radius 2 is 1.75 bits per heavy atom. The second-order valence-corrected chi connectivity index (χ2v) is 7.04. The molecule has 1 amide bonds. The van der Waals surface area contributed by atoms with Crippen molar-refractivity contribution in [3.63, 3.8) is 0 Å². The van der Waals surface area contributed by atoms with Gasteiger partial charge in [0.05, 0.1) is 11.7 Å². The summed E-state index contributed by atoms with van der Waals surface area (Å²) in [6, 6.07) is 13.8. The van der Waals surface area contributed by atoms with Crippen LogP contribution in [0.25, 0.3) is 5.13 Å². The molecule has 0 saturated carbocycles. The first kappa shape index (κ1) is 16.5. The van der Waals surface area contributed by atoms with Crippen molar-refractivity contribution in [1.29, 1.82) is 0 Å². The van der Waals surface area contributed by atoms with Crippen molar-refractivity contribution in [3.8, 4) is 5.13 Å². The standard InChI is InChI=1S/C19H21N3OS/c1-13(2)16-17(24-19(21-16)22-11-7-8-12-22)18(23)20-14(3)15-9-5-4-6-10-15/h4-14H,1-3H3,(H,20,23)/t14-/m1/s1. The average molecular weight is 339 g/mol. The van der Waals surface area contributed by atoms with E-state index in [1.807, 2.05) is 66.3 Å². The summed E-state index contributed by atoms with van der Waals surface area (Å²) in [6.45, 7) is 6.12. The molecule has 1 atom stereocenters. The largest absolute Gasteiger partial charge is 0.345 e. The van der Waals surface area contributed by atoms with Gasteiger partial charge in [-0.1, -0.05) is 55.5 Å². The van der Waals surface area contributed by atoms with Gasteiger partial charge in [0.1, 0.15) is 4.88 Å². The molecule has 0 aliphatic rings. The quantitative estimate of drug-likeness (QED) is 0.741. The Bertz CT molecular complexity index is 807. The third kappa shape index (κ3) is 3.41. The van der Waals surface area contributed by atoms with Crippen LogP contribution in [0.4, 0.5) is 0 Å². The predicted octanol–water partition coefficient (Wildman–Crippen LogP) is 4.55. The molecule has 5 heteroatoms. The molecular weight excluding hydrogens is 318 g/mol. The average Bonchev–Trinajstić information content (AvgIpc) is 3.24. The van der Waals surface area contributed by atoms with Crippen LogP contribution < -0.4 is 5.32 Å². The van der Waals surface area contributed by atoms with E-state index in [2.05, 4.69) is 24.1 Å². The molecule has 0 bridgehead atoms. The highest BCUT2D eigenvalue weighted by molar-refractivity contribution is 7.16. The number of carbonyl (C=O) groups is 1. The molecule has 2 heterocycles. The summed E-state index contributed by atoms with van der Waals surface area (Å²) in [4.78, 5) is 18.2. The van der Waals surface area contributed by atoms with Crippen LogP contribution >= 0.6 is 11.3 Å². The third-order valence-corrected chi connectivity index (χ3v) is 4.95. The molecule has 0 aliphatic heterocycles. The van der Waals surface area contributed by atoms with Crippen molar-refractivity contribution >= 4 is 17.2 Å². The molecule has 124 valence electrons. The fraction of sp³-hybridized carbons (Fsp3) is 0.263. The smallest absolute Gasteiger partial charge is 0.263 e. The van der Waals surface area contributed by atoms with Crippen LogP contribution in [0, 0.1) is 0 Å². The van der Waals surface area contributed by atoms with Crippen molar-refractivity contribution in [1.82, 2.24) is 14.9 Å². The zero-order chi connectivity index (χ0) is 17.1. The van der Waals surface area contributed by atoms with Crippen molar-refractivity contribution in [2.45, 2.75) is 32.7 Å². The van der Waals surface area contributed by atoms with Crippen molar-refractivity contribution in [2.75, 3.05) is 0 Å². The second-order valence-electron chi connectivity index (χ2n) is 6.06. The lowest BCUT2D eigenvalue weighted by atomic mass is 10.1. The number of carbonyl (C=O) groups excluding carboxylic acids is 1. The minimum absolute atomic E-state index is 0.0455. The van der Waals surface area contributed by atoms with Gasteiger partial charge in [-0.2, -0.15) is 0 Å². The van der Waals surface area contributed by atoms with E-state index >= 15 is 0 Å². The summed E-state index contributed by atoms with van der Waals surface area (Å²) in [7, 11) is 0. The van der Waals surface area contributed by atoms with Crippen LogP contribution in [-0.4, -0.2) is 15.5 Å². The Kier molecular flexibility index (Phi) is 4.81. The van der Waals surface area contributed by atoms with E-state index in [0.29, 0.717) is 4.88 Å². The Morgan fingerprint density at radius 1 is 1.08 bits per heavy atom. The number of rotatable bonds is 5. The molecule has 0 radical (unpaired) electrons. The lowest BCUT2D eigenvalue weighted by Crippen LogP contribution is -2.26. The SMILES string of the molecule is CC(C)c1nc(-n2cccc2)sc1C(=O)N[C@H](C)c1ccccc1. The van der Waals surface area contributed by atoms with Crippen LogP contribution in [0.5, 0.6) is 0 Å². The van der Waals surface area contributed by atoms with E-state index in [4.69, 9.17) is 0 Å². The minimum atomic E-state index is -0.0639. The summed E-state index contributed by atoms with van der Waals surface area (Å²) in [5, 5.41) is 3.91. The number of amides is 1. The second kappa shape index (κ2) is 7.01. The van der Waals surface area contributed by atoms with Crippen molar-refractivity contribution < 1.29 is 4.79 Å². The first-order chi connectivity index (χ1) is 11.6. The van der Waals surface area contributed by atoms with Crippen molar-refractivity contribution in [3.05, 3.63) is 71.0 Å². The first-order valence-electron chi connectivity index (χ1n) is 8.06. The molecule has 3 aromatic rings. The van der Waals surface area contributed by atoms with Gasteiger partial charge in [0.25, 0.3) is 5.91 Å². The summed E-state index contributed by atoms with van der Waals surface area (Å²) >= 11 is 1.43. The van der Waals surface area contributed by atoms with Gasteiger partial charge < -0.3 is 9.88 Å². The van der Waals surface area contributed by atoms with Gasteiger partial charge in [-0.25, -0.2) is 4.98 Å². The fourth-order valence-electron chi connectivity index (χ4n) is 2.53. The van der Waals surface area contributed by atoms with Crippen LogP contribution in [0.15, 0.2) is 54.9 Å². The maximum absolute atomic E-state index is 12.8. The molecule has 0 saturated heterocycles. The Hall–Kier alpha value is -2.40. The third-order valence-electron chi connectivity index (χ3n) is 3.87. The highest BCUT2D eigenvalue weighted by Crippen LogP contribution is 2.28. The molecule has 1 N–H and O–H groups in total. The normalized spacial score (nSPS) is 12.3. The Balaban J connectivity index is 1.86. The number of nitrogens with one attached hydrogen (secondary N) is 1. The maximum Gasteiger partial charge on any atom is 0.263 e. The van der Waals surface area contributed by atoms with Gasteiger partial charge >= 0.3 is 0 Å². The molecule has 0 aliphatic carbocycles. The monoisotopic (exact) mass is 339 g/mol. The first-order valence-corrected chi connectivity index (χ1v) is 8.87. The number of hydrogen-bond acceptors (Lipinski definition) is 3. The predicted molar refractivity (Wildman–Crippen MR) is 97.9 cm³/mol. The summed E-state index contributed by atoms with van der Waals surface area (Å²) in [5.74, 6) is 0.129. The Morgan fingerprint density at radius 3 is 2.38 bits per heavy atom. The van der Waals surface area contributed by atoms with Gasteiger partial charge in [-0.05, 0) is 30.5 Å². The van der Waals surface area contributed by atoms with Gasteiger partial charge in [0.15, 0.2) is 5.13 Å². The van der Waals surface area contributed by atoms with E-state index in [9.17, 15) is 4.79 Å². The lowest BCUT2D eigenvalue weighted by molar-refractivity contribution is 0.0942. The van der Waals surface area contributed by atoms with Gasteiger partial charge in [0.2, 0.25) is 0 Å². The topological polar surface area (TPSA) is 46.9 Å². The molecule has 2 aromatic heterocycles. The van der Waals surface area contributed by atoms with Crippen LogP contribution in [-0.2, 0) is 0 Å². The van der Waals surface area contributed by atoms with E-state index in [1.165, 1.54) is 11.3 Å². The molecule has 3 rings (SSSR count). The van der Waals surface area contributed by atoms with Crippen LogP contribution in [0.2, 0.25) is 0 Å². The van der Waals surface area contributed by atoms with E-state index in [0.717, 1.165) is 16.4 Å². The zero-order valence-electron chi connectivity index (χ0n) is 14.1. The Labute approximate surface area is 146 Å². The fourth-order valence-corrected chi connectivity index (χ4v) is 3.63. The summed E-state index contributed by atoms with van der Waals surface area (Å²) in [6.07, 6.45) is 3.88. The van der Waals surface area contributed by atoms with Gasteiger partial charge in [0, 0.05) is 12.4 Å². The van der Waals surface area contributed by atoms with Crippen molar-refractivity contribution in [2.24, 2.45) is 0 Å². The number of hydrogen-bond donors (Lipinski definition) is 1. The highest BCUT2D eigenvalue weighted by atomic mass is 32.1. The van der Waals surface area contributed by atoms with E-state index in [-0.39, 0.29) is 17.9 Å². The lowest BCUT2D eigenvalue weighted by Gasteiger charge is -2.14. The number of nitrogens with zero attached hydrogens (tertiary/aromatic N) is 2. The molecule has 4 nitrogen and oxygen atoms in total. The highest BCUT2D eigenvalue weighted by Gasteiger charge is 2.22. The van der Waals surface area contributed by atoms with Gasteiger partial charge in [-0.15, -0.1) is 0 Å². The van der Waals surface area contributed by atoms with Crippen LogP contribution in [0.1, 0.15) is 53.7 Å². The molecule has 0 spiro atoms. The molecule has 1 aromatic carbocycles. The maximum atomic E-state index is 12.8. The minimum Gasteiger partial charge on any atom is -0.345 e. The summed E-state index contributed by atoms with van der Waals surface area (Å²) in [5.41, 5.74) is 1.94. The van der Waals surface area contributed by atoms with E-state index < -0.39 is 0 Å². The van der Waals surface area contributed by atoms with Crippen LogP contribution in [0.3, 0.4) is 0 Å². The number of thiazole rings is 1. The van der Waals surface area contributed by atoms with Gasteiger partial charge in [-0.3, -0.25) is 4.79 Å². The summed E-state index contributed by atoms with van der Waals surface area (Å²) < 4.78 is 1.94. The molecule has 0 fully saturated rings. The molecule has 24 heavy (non-hydrogen) atoms.